The van der Waals surface area contributed by atoms with Crippen molar-refractivity contribution < 1.29 is 24.6 Å². The Kier molecular flexibility index (Phi) is 5.90. The highest BCUT2D eigenvalue weighted by molar-refractivity contribution is 5.98. The normalized spacial score (nSPS) is 29.2. The van der Waals surface area contributed by atoms with Crippen molar-refractivity contribution in [1.29, 1.82) is 0 Å². The zero-order chi connectivity index (χ0) is 21.3. The first-order valence-electron chi connectivity index (χ1n) is 10.7. The van der Waals surface area contributed by atoms with Crippen LogP contribution >= 0.6 is 0 Å². The number of carboxylic acid groups (broad SMARTS) is 2. The van der Waals surface area contributed by atoms with Crippen molar-refractivity contribution >= 4 is 17.8 Å². The third-order valence-electron chi connectivity index (χ3n) is 6.90. The van der Waals surface area contributed by atoms with Gasteiger partial charge in [0.15, 0.2) is 0 Å². The van der Waals surface area contributed by atoms with Crippen LogP contribution in [0.4, 0.5) is 0 Å². The van der Waals surface area contributed by atoms with Gasteiger partial charge in [-0.2, -0.15) is 0 Å². The number of fused-ring (bicyclic) bond motifs is 3. The van der Waals surface area contributed by atoms with Gasteiger partial charge in [-0.15, -0.1) is 0 Å². The number of rotatable bonds is 3. The Labute approximate surface area is 176 Å². The number of piperidine rings is 3. The molecule has 160 valence electrons. The average Bonchev–Trinajstić information content (AvgIpc) is 2.76. The van der Waals surface area contributed by atoms with E-state index in [0.29, 0.717) is 30.0 Å². The summed E-state index contributed by atoms with van der Waals surface area (Å²) in [6, 6.07) is 6.87. The summed E-state index contributed by atoms with van der Waals surface area (Å²) in [7, 11) is 0. The van der Waals surface area contributed by atoms with Crippen molar-refractivity contribution in [2.24, 2.45) is 5.92 Å². The number of hydrogen-bond acceptors (Lipinski definition) is 4. The molecule has 7 heteroatoms. The molecule has 30 heavy (non-hydrogen) atoms. The van der Waals surface area contributed by atoms with E-state index in [-0.39, 0.29) is 0 Å². The van der Waals surface area contributed by atoms with Crippen LogP contribution in [0.25, 0.3) is 0 Å². The first-order chi connectivity index (χ1) is 14.4. The zero-order valence-electron chi connectivity index (χ0n) is 17.0. The summed E-state index contributed by atoms with van der Waals surface area (Å²) in [5.41, 5.74) is 3.86. The van der Waals surface area contributed by atoms with Gasteiger partial charge in [0, 0.05) is 42.8 Å². The first-order valence-corrected chi connectivity index (χ1v) is 10.7. The monoisotopic (exact) mass is 412 g/mol. The number of amides is 1. The van der Waals surface area contributed by atoms with E-state index < -0.39 is 11.9 Å². The smallest absolute Gasteiger partial charge is 0.328 e. The van der Waals surface area contributed by atoms with Gasteiger partial charge < -0.3 is 20.0 Å². The van der Waals surface area contributed by atoms with Crippen LogP contribution in [0.15, 0.2) is 30.4 Å². The van der Waals surface area contributed by atoms with Gasteiger partial charge in [-0.3, -0.25) is 4.79 Å². The highest BCUT2D eigenvalue weighted by atomic mass is 16.4. The van der Waals surface area contributed by atoms with Crippen molar-refractivity contribution in [2.75, 3.05) is 26.2 Å². The molecule has 0 saturated carbocycles. The molecule has 5 aliphatic rings. The summed E-state index contributed by atoms with van der Waals surface area (Å²) in [5.74, 6) is -0.871. The molecule has 6 rings (SSSR count). The molecule has 3 saturated heterocycles. The van der Waals surface area contributed by atoms with Crippen LogP contribution in [0.5, 0.6) is 0 Å². The minimum Gasteiger partial charge on any atom is -0.478 e. The van der Waals surface area contributed by atoms with Gasteiger partial charge in [0.25, 0.3) is 5.91 Å². The molecule has 1 aliphatic carbocycles. The average molecular weight is 412 g/mol. The zero-order valence-corrected chi connectivity index (χ0v) is 17.0. The number of benzene rings is 1. The van der Waals surface area contributed by atoms with Crippen LogP contribution in [-0.4, -0.2) is 70.1 Å². The predicted octanol–water partition coefficient (Wildman–Crippen LogP) is 2.37. The molecule has 7 nitrogen and oxygen atoms in total. The molecule has 0 radical (unpaired) electrons. The molecule has 1 aromatic carbocycles. The van der Waals surface area contributed by atoms with Crippen LogP contribution in [0.2, 0.25) is 0 Å². The quantitative estimate of drug-likeness (QED) is 0.740. The van der Waals surface area contributed by atoms with Crippen molar-refractivity contribution in [3.05, 3.63) is 47.0 Å². The maximum atomic E-state index is 13.1. The van der Waals surface area contributed by atoms with E-state index in [1.807, 2.05) is 0 Å². The molecule has 2 atom stereocenters. The highest BCUT2D eigenvalue weighted by Crippen LogP contribution is 2.41. The van der Waals surface area contributed by atoms with E-state index in [1.165, 1.54) is 49.9 Å². The van der Waals surface area contributed by atoms with Gasteiger partial charge in [0.2, 0.25) is 0 Å². The molecule has 4 heterocycles. The van der Waals surface area contributed by atoms with Crippen molar-refractivity contribution in [2.45, 2.75) is 44.1 Å². The van der Waals surface area contributed by atoms with E-state index in [9.17, 15) is 14.4 Å². The molecular formula is C23H28N2O5. The van der Waals surface area contributed by atoms with Gasteiger partial charge in [-0.25, -0.2) is 9.59 Å². The summed E-state index contributed by atoms with van der Waals surface area (Å²) in [4.78, 5) is 37.1. The van der Waals surface area contributed by atoms with Gasteiger partial charge in [0.05, 0.1) is 0 Å². The summed E-state index contributed by atoms with van der Waals surface area (Å²) in [5, 5.41) is 15.6. The van der Waals surface area contributed by atoms with E-state index in [2.05, 4.69) is 28.0 Å². The third kappa shape index (κ3) is 4.12. The second-order valence-corrected chi connectivity index (χ2v) is 8.64. The van der Waals surface area contributed by atoms with Crippen LogP contribution in [0.1, 0.15) is 53.1 Å². The largest absolute Gasteiger partial charge is 0.478 e. The highest BCUT2D eigenvalue weighted by Gasteiger charge is 2.43. The van der Waals surface area contributed by atoms with Gasteiger partial charge in [-0.05, 0) is 68.3 Å². The summed E-state index contributed by atoms with van der Waals surface area (Å²) < 4.78 is 0. The minimum absolute atomic E-state index is 0.314. The molecule has 2 bridgehead atoms. The number of carboxylic acids is 2. The van der Waals surface area contributed by atoms with Gasteiger partial charge >= 0.3 is 11.9 Å². The molecular weight excluding hydrogens is 384 g/mol. The van der Waals surface area contributed by atoms with Gasteiger partial charge in [0.1, 0.15) is 0 Å². The number of aliphatic carboxylic acids is 2. The lowest BCUT2D eigenvalue weighted by atomic mass is 9.75. The third-order valence-corrected chi connectivity index (χ3v) is 6.90. The Bertz CT molecular complexity index is 856. The number of carbonyl (C=O) groups is 3. The Hall–Kier alpha value is -2.67. The maximum Gasteiger partial charge on any atom is 0.328 e. The fraction of sp³-hybridized carbons (Fsp3) is 0.522. The lowest BCUT2D eigenvalue weighted by Gasteiger charge is -2.51. The van der Waals surface area contributed by atoms with Crippen molar-refractivity contribution in [3.8, 4) is 0 Å². The second kappa shape index (κ2) is 8.60. The van der Waals surface area contributed by atoms with Gasteiger partial charge in [-0.1, -0.05) is 12.1 Å². The Morgan fingerprint density at radius 3 is 2.30 bits per heavy atom. The summed E-state index contributed by atoms with van der Waals surface area (Å²) >= 11 is 0. The van der Waals surface area contributed by atoms with E-state index in [0.717, 1.165) is 31.0 Å². The SMILES string of the molecule is O=C(O)/C=C\C(=O)O.O=C1c2cccc3c2[C@H](CCC3)CN1[C@@H]1CN2CCC1CC2. The maximum absolute atomic E-state index is 13.1. The van der Waals surface area contributed by atoms with E-state index in [4.69, 9.17) is 10.2 Å². The van der Waals surface area contributed by atoms with Crippen LogP contribution < -0.4 is 0 Å². The standard InChI is InChI=1S/C19H24N2O.C4H4O4/c22-19-16-6-2-4-14-3-1-5-15(18(14)16)11-21(19)17-12-20-9-7-13(17)8-10-20;5-3(6)1-2-4(7)8/h2,4,6,13,15,17H,1,3,5,7-12H2;1-2H,(H,5,6)(H,7,8)/b;2-1-/t15-,17-;/m1./s1. The Morgan fingerprint density at radius 1 is 1.00 bits per heavy atom. The number of aryl methyl sites for hydroxylation is 1. The van der Waals surface area contributed by atoms with Crippen LogP contribution in [0, 0.1) is 5.92 Å². The molecule has 4 aliphatic heterocycles. The summed E-state index contributed by atoms with van der Waals surface area (Å²) in [6.07, 6.45) is 7.38. The van der Waals surface area contributed by atoms with Crippen LogP contribution in [0.3, 0.4) is 0 Å². The molecule has 1 aromatic rings. The lowest BCUT2D eigenvalue weighted by Crippen LogP contribution is -2.60. The molecule has 1 amide bonds. The van der Waals surface area contributed by atoms with Crippen molar-refractivity contribution in [1.82, 2.24) is 9.80 Å². The molecule has 2 N–H and O–H groups in total. The van der Waals surface area contributed by atoms with Crippen LogP contribution in [-0.2, 0) is 16.0 Å². The molecule has 0 unspecified atom stereocenters. The Balaban J connectivity index is 0.000000235. The topological polar surface area (TPSA) is 98.1 Å². The lowest BCUT2D eigenvalue weighted by molar-refractivity contribution is -0.134. The minimum atomic E-state index is -1.26. The van der Waals surface area contributed by atoms with E-state index >= 15 is 0 Å². The second-order valence-electron chi connectivity index (χ2n) is 8.64. The Morgan fingerprint density at radius 2 is 1.70 bits per heavy atom. The van der Waals surface area contributed by atoms with Crippen molar-refractivity contribution in [3.63, 3.8) is 0 Å². The number of carbonyl (C=O) groups excluding carboxylic acids is 1. The number of nitrogens with zero attached hydrogens (tertiary/aromatic N) is 2. The van der Waals surface area contributed by atoms with E-state index in [1.54, 1.807) is 0 Å². The fourth-order valence-corrected chi connectivity index (χ4v) is 5.56. The molecule has 0 spiro atoms. The molecule has 3 fully saturated rings. The fourth-order valence-electron chi connectivity index (χ4n) is 5.56. The predicted molar refractivity (Wildman–Crippen MR) is 111 cm³/mol. The summed E-state index contributed by atoms with van der Waals surface area (Å²) in [6.45, 7) is 4.57. The molecule has 0 aromatic heterocycles. The first kappa shape index (κ1) is 20.6. The number of hydrogen-bond donors (Lipinski definition) is 2.